The van der Waals surface area contributed by atoms with Crippen LogP contribution in [0.25, 0.3) is 0 Å². The summed E-state index contributed by atoms with van der Waals surface area (Å²) in [5, 5.41) is 3.02. The lowest BCUT2D eigenvalue weighted by atomic mass is 9.94. The maximum atomic E-state index is 13.0. The van der Waals surface area contributed by atoms with Crippen molar-refractivity contribution in [2.45, 2.75) is 46.1 Å². The van der Waals surface area contributed by atoms with Gasteiger partial charge in [-0.15, -0.1) is 0 Å². The largest absolute Gasteiger partial charge is 0.497 e. The van der Waals surface area contributed by atoms with Gasteiger partial charge in [-0.05, 0) is 51.3 Å². The van der Waals surface area contributed by atoms with Crippen LogP contribution in [0.2, 0.25) is 0 Å². The molecule has 3 amide bonds. The molecule has 0 aliphatic carbocycles. The van der Waals surface area contributed by atoms with Gasteiger partial charge in [-0.3, -0.25) is 9.59 Å². The Hall–Kier alpha value is -2.77. The standard InChI is InChI=1S/C23H35N3O5/c1-5-25(6-2)23(29)26-13-11-17(12-14-26)22(28)24-20(16-21(27)31-7-3)18-9-8-10-19(15-18)30-4/h8-10,15,17,20H,5-7,11-14,16H2,1-4H3,(H,24,28). The number of benzene rings is 1. The summed E-state index contributed by atoms with van der Waals surface area (Å²) in [4.78, 5) is 41.2. The van der Waals surface area contributed by atoms with Crippen molar-refractivity contribution in [3.8, 4) is 5.75 Å². The third-order valence-electron chi connectivity index (χ3n) is 5.66. The summed E-state index contributed by atoms with van der Waals surface area (Å²) >= 11 is 0. The highest BCUT2D eigenvalue weighted by Crippen LogP contribution is 2.25. The van der Waals surface area contributed by atoms with E-state index in [1.165, 1.54) is 0 Å². The Morgan fingerprint density at radius 1 is 1.16 bits per heavy atom. The van der Waals surface area contributed by atoms with Gasteiger partial charge in [0.25, 0.3) is 0 Å². The minimum atomic E-state index is -0.503. The second kappa shape index (κ2) is 12.2. The van der Waals surface area contributed by atoms with E-state index in [9.17, 15) is 14.4 Å². The van der Waals surface area contributed by atoms with Gasteiger partial charge in [0.1, 0.15) is 5.75 Å². The van der Waals surface area contributed by atoms with Gasteiger partial charge in [-0.2, -0.15) is 0 Å². The molecule has 1 aliphatic rings. The SMILES string of the molecule is CCOC(=O)CC(NC(=O)C1CCN(C(=O)N(CC)CC)CC1)c1cccc(OC)c1. The number of rotatable bonds is 9. The number of amides is 3. The molecule has 0 bridgehead atoms. The topological polar surface area (TPSA) is 88.2 Å². The average molecular weight is 434 g/mol. The third kappa shape index (κ3) is 6.87. The normalized spacial score (nSPS) is 15.2. The molecule has 0 aromatic heterocycles. The Kier molecular flexibility index (Phi) is 9.62. The summed E-state index contributed by atoms with van der Waals surface area (Å²) in [7, 11) is 1.57. The van der Waals surface area contributed by atoms with Crippen LogP contribution in [-0.2, 0) is 14.3 Å². The predicted octanol–water partition coefficient (Wildman–Crippen LogP) is 2.98. The van der Waals surface area contributed by atoms with E-state index in [2.05, 4.69) is 5.32 Å². The highest BCUT2D eigenvalue weighted by atomic mass is 16.5. The highest BCUT2D eigenvalue weighted by Gasteiger charge is 2.30. The van der Waals surface area contributed by atoms with Crippen LogP contribution >= 0.6 is 0 Å². The molecule has 0 spiro atoms. The molecule has 1 saturated heterocycles. The van der Waals surface area contributed by atoms with Crippen LogP contribution in [0.5, 0.6) is 5.75 Å². The lowest BCUT2D eigenvalue weighted by Crippen LogP contribution is -2.48. The van der Waals surface area contributed by atoms with Crippen LogP contribution in [0.4, 0.5) is 4.79 Å². The molecule has 0 saturated carbocycles. The molecule has 2 rings (SSSR count). The van der Waals surface area contributed by atoms with Crippen LogP contribution < -0.4 is 10.1 Å². The first-order valence-electron chi connectivity index (χ1n) is 11.1. The Morgan fingerprint density at radius 2 is 1.84 bits per heavy atom. The van der Waals surface area contributed by atoms with E-state index in [1.807, 2.05) is 43.0 Å². The van der Waals surface area contributed by atoms with Crippen molar-refractivity contribution in [1.82, 2.24) is 15.1 Å². The van der Waals surface area contributed by atoms with Gasteiger partial charge in [0, 0.05) is 32.1 Å². The molecule has 1 N–H and O–H groups in total. The summed E-state index contributed by atoms with van der Waals surface area (Å²) in [6.07, 6.45) is 1.25. The zero-order valence-electron chi connectivity index (χ0n) is 19.1. The average Bonchev–Trinajstić information content (AvgIpc) is 2.79. The molecular formula is C23H35N3O5. The number of hydrogen-bond donors (Lipinski definition) is 1. The number of carbonyl (C=O) groups is 3. The van der Waals surface area contributed by atoms with E-state index in [4.69, 9.17) is 9.47 Å². The number of methoxy groups -OCH3 is 1. The summed E-state index contributed by atoms with van der Waals surface area (Å²) < 4.78 is 10.4. The molecule has 1 aromatic rings. The first kappa shape index (κ1) is 24.5. The predicted molar refractivity (Wildman–Crippen MR) is 118 cm³/mol. The zero-order valence-corrected chi connectivity index (χ0v) is 19.1. The minimum Gasteiger partial charge on any atom is -0.497 e. The number of nitrogens with one attached hydrogen (secondary N) is 1. The lowest BCUT2D eigenvalue weighted by molar-refractivity contribution is -0.144. The molecule has 8 nitrogen and oxygen atoms in total. The third-order valence-corrected chi connectivity index (χ3v) is 5.66. The maximum absolute atomic E-state index is 13.0. The summed E-state index contributed by atoms with van der Waals surface area (Å²) in [5.74, 6) is -0.0118. The number of urea groups is 1. The van der Waals surface area contributed by atoms with Gasteiger partial charge in [0.2, 0.25) is 5.91 Å². The second-order valence-corrected chi connectivity index (χ2v) is 7.56. The summed E-state index contributed by atoms with van der Waals surface area (Å²) in [6.45, 7) is 8.41. The van der Waals surface area contributed by atoms with E-state index in [0.29, 0.717) is 44.8 Å². The number of esters is 1. The molecule has 1 aromatic carbocycles. The Labute approximate surface area is 184 Å². The van der Waals surface area contributed by atoms with Gasteiger partial charge >= 0.3 is 12.0 Å². The fourth-order valence-electron chi connectivity index (χ4n) is 3.81. The van der Waals surface area contributed by atoms with E-state index in [-0.39, 0.29) is 36.9 Å². The first-order chi connectivity index (χ1) is 14.9. The van der Waals surface area contributed by atoms with Gasteiger partial charge < -0.3 is 24.6 Å². The molecular weight excluding hydrogens is 398 g/mol. The molecule has 172 valence electrons. The van der Waals surface area contributed by atoms with Crippen molar-refractivity contribution in [2.75, 3.05) is 39.9 Å². The number of nitrogens with zero attached hydrogens (tertiary/aromatic N) is 2. The van der Waals surface area contributed by atoms with E-state index >= 15 is 0 Å². The van der Waals surface area contributed by atoms with Crippen LogP contribution in [0.1, 0.15) is 51.6 Å². The zero-order chi connectivity index (χ0) is 22.8. The lowest BCUT2D eigenvalue weighted by Gasteiger charge is -2.35. The van der Waals surface area contributed by atoms with Gasteiger partial charge in [-0.1, -0.05) is 12.1 Å². The molecule has 1 unspecified atom stereocenters. The van der Waals surface area contributed by atoms with Crippen LogP contribution in [0, 0.1) is 5.92 Å². The molecule has 1 heterocycles. The minimum absolute atomic E-state index is 0.0282. The van der Waals surface area contributed by atoms with Gasteiger partial charge in [-0.25, -0.2) is 4.79 Å². The quantitative estimate of drug-likeness (QED) is 0.605. The van der Waals surface area contributed by atoms with Crippen molar-refractivity contribution in [1.29, 1.82) is 0 Å². The summed E-state index contributed by atoms with van der Waals surface area (Å²) in [5.41, 5.74) is 0.787. The molecule has 8 heteroatoms. The van der Waals surface area contributed by atoms with Gasteiger partial charge in [0.15, 0.2) is 0 Å². The van der Waals surface area contributed by atoms with Crippen molar-refractivity contribution >= 4 is 17.9 Å². The highest BCUT2D eigenvalue weighted by molar-refractivity contribution is 5.81. The van der Waals surface area contributed by atoms with Crippen LogP contribution in [0.15, 0.2) is 24.3 Å². The Bertz CT molecular complexity index is 742. The van der Waals surface area contributed by atoms with Crippen LogP contribution in [0.3, 0.4) is 0 Å². The molecule has 1 aliphatic heterocycles. The molecule has 1 fully saturated rings. The fraction of sp³-hybridized carbons (Fsp3) is 0.609. The molecule has 0 radical (unpaired) electrons. The van der Waals surface area contributed by atoms with E-state index in [1.54, 1.807) is 18.9 Å². The van der Waals surface area contributed by atoms with Gasteiger partial charge in [0.05, 0.1) is 26.2 Å². The van der Waals surface area contributed by atoms with Crippen molar-refractivity contribution in [3.05, 3.63) is 29.8 Å². The van der Waals surface area contributed by atoms with Crippen LogP contribution in [-0.4, -0.2) is 67.6 Å². The Morgan fingerprint density at radius 3 is 2.42 bits per heavy atom. The maximum Gasteiger partial charge on any atom is 0.319 e. The van der Waals surface area contributed by atoms with Crippen molar-refractivity contribution < 1.29 is 23.9 Å². The fourth-order valence-corrected chi connectivity index (χ4v) is 3.81. The number of likely N-dealkylation sites (tertiary alicyclic amines) is 1. The molecule has 1 atom stereocenters. The first-order valence-corrected chi connectivity index (χ1v) is 11.1. The summed E-state index contributed by atoms with van der Waals surface area (Å²) in [6, 6.07) is 6.84. The smallest absolute Gasteiger partial charge is 0.319 e. The number of ether oxygens (including phenoxy) is 2. The molecule has 31 heavy (non-hydrogen) atoms. The second-order valence-electron chi connectivity index (χ2n) is 7.56. The number of carbonyl (C=O) groups excluding carboxylic acids is 3. The van der Waals surface area contributed by atoms with Crippen molar-refractivity contribution in [2.24, 2.45) is 5.92 Å². The van der Waals surface area contributed by atoms with Crippen molar-refractivity contribution in [3.63, 3.8) is 0 Å². The monoisotopic (exact) mass is 433 g/mol. The number of piperidine rings is 1. The van der Waals surface area contributed by atoms with E-state index in [0.717, 1.165) is 5.56 Å². The Balaban J connectivity index is 2.03. The number of hydrogen-bond acceptors (Lipinski definition) is 5. The van der Waals surface area contributed by atoms with E-state index < -0.39 is 6.04 Å².